The Bertz CT molecular complexity index is 345. The Morgan fingerprint density at radius 3 is 2.00 bits per heavy atom. The van der Waals surface area contributed by atoms with Crippen molar-refractivity contribution in [3.8, 4) is 0 Å². The van der Waals surface area contributed by atoms with Gasteiger partial charge in [0.25, 0.3) is 0 Å². The van der Waals surface area contributed by atoms with Gasteiger partial charge < -0.3 is 15.4 Å². The molecule has 22 heavy (non-hydrogen) atoms. The monoisotopic (exact) mass is 309 g/mol. The van der Waals surface area contributed by atoms with Crippen LogP contribution in [-0.4, -0.2) is 42.7 Å². The Labute approximate surface area is 137 Å². The van der Waals surface area contributed by atoms with Crippen molar-refractivity contribution in [1.29, 1.82) is 0 Å². The molecule has 1 aromatic rings. The van der Waals surface area contributed by atoms with Crippen LogP contribution in [0.2, 0.25) is 0 Å². The van der Waals surface area contributed by atoms with Gasteiger partial charge in [0.05, 0.1) is 13.2 Å². The molecule has 0 atom stereocenters. The molecule has 0 radical (unpaired) electrons. The summed E-state index contributed by atoms with van der Waals surface area (Å²) in [4.78, 5) is 6.31. The fourth-order valence-corrected chi connectivity index (χ4v) is 2.38. The van der Waals surface area contributed by atoms with E-state index in [0.29, 0.717) is 5.41 Å². The molecule has 0 aliphatic carbocycles. The van der Waals surface area contributed by atoms with Gasteiger partial charge in [-0.05, 0) is 25.1 Å². The van der Waals surface area contributed by atoms with Crippen LogP contribution in [0, 0.1) is 5.41 Å². The second-order valence-electron chi connectivity index (χ2n) is 5.34. The number of aromatic nitrogens is 1. The average Bonchev–Trinajstić information content (AvgIpc) is 2.50. The number of nitrogen functional groups attached to an aromatic ring is 1. The first kappa shape index (κ1) is 20.9. The Morgan fingerprint density at radius 1 is 1.14 bits per heavy atom. The van der Waals surface area contributed by atoms with Crippen molar-refractivity contribution in [2.45, 2.75) is 47.5 Å². The molecule has 0 amide bonds. The lowest BCUT2D eigenvalue weighted by Crippen LogP contribution is -2.65. The van der Waals surface area contributed by atoms with E-state index in [4.69, 9.17) is 10.5 Å². The third kappa shape index (κ3) is 7.23. The van der Waals surface area contributed by atoms with Crippen LogP contribution >= 0.6 is 0 Å². The molecule has 2 N–H and O–H groups in total. The summed E-state index contributed by atoms with van der Waals surface area (Å²) in [5.74, 6) is 0. The van der Waals surface area contributed by atoms with E-state index in [0.717, 1.165) is 18.9 Å². The molecule has 3 rings (SSSR count). The number of rotatable bonds is 3. The van der Waals surface area contributed by atoms with E-state index in [1.54, 1.807) is 24.5 Å². The number of nitrogens with zero attached hydrogens (tertiary/aromatic N) is 2. The SMILES string of the molecule is CC.CC.CCCCN1CC2(COC2)C1.Nc1ccncc1. The highest BCUT2D eigenvalue weighted by molar-refractivity contribution is 5.33. The summed E-state index contributed by atoms with van der Waals surface area (Å²) in [6.07, 6.45) is 6.00. The number of pyridine rings is 1. The van der Waals surface area contributed by atoms with Gasteiger partial charge in [0.2, 0.25) is 0 Å². The van der Waals surface area contributed by atoms with E-state index in [9.17, 15) is 0 Å². The van der Waals surface area contributed by atoms with E-state index in [1.807, 2.05) is 27.7 Å². The maximum Gasteiger partial charge on any atom is 0.0569 e. The van der Waals surface area contributed by atoms with Gasteiger partial charge in [0.1, 0.15) is 0 Å². The highest BCUT2D eigenvalue weighted by Gasteiger charge is 2.48. The van der Waals surface area contributed by atoms with Gasteiger partial charge in [-0.3, -0.25) is 4.98 Å². The second kappa shape index (κ2) is 12.4. The maximum atomic E-state index is 5.32. The van der Waals surface area contributed by atoms with Crippen molar-refractivity contribution in [2.75, 3.05) is 38.6 Å². The molecule has 128 valence electrons. The van der Waals surface area contributed by atoms with Gasteiger partial charge in [-0.2, -0.15) is 0 Å². The first-order valence-electron chi connectivity index (χ1n) is 8.70. The van der Waals surface area contributed by atoms with Gasteiger partial charge in [-0.1, -0.05) is 41.0 Å². The van der Waals surface area contributed by atoms with E-state index in [-0.39, 0.29) is 0 Å². The molecule has 0 bridgehead atoms. The second-order valence-corrected chi connectivity index (χ2v) is 5.34. The molecular weight excluding hydrogens is 274 g/mol. The van der Waals surface area contributed by atoms with Crippen LogP contribution in [0.25, 0.3) is 0 Å². The number of ether oxygens (including phenoxy) is 1. The molecule has 1 spiro atoms. The minimum absolute atomic E-state index is 0.619. The maximum absolute atomic E-state index is 5.32. The van der Waals surface area contributed by atoms with Gasteiger partial charge in [-0.25, -0.2) is 0 Å². The largest absolute Gasteiger partial charge is 0.399 e. The first-order chi connectivity index (χ1) is 10.7. The molecule has 0 unspecified atom stereocenters. The Balaban J connectivity index is 0.000000348. The standard InChI is InChI=1S/C9H17NO.C5H6N2.2C2H6/c1-2-3-4-10-5-9(6-10)7-11-8-9;6-5-1-3-7-4-2-5;2*1-2/h2-8H2,1H3;1-4H,(H2,6,7);2*1-2H3. The average molecular weight is 309 g/mol. The third-order valence-corrected chi connectivity index (χ3v) is 3.47. The van der Waals surface area contributed by atoms with Crippen LogP contribution in [0.5, 0.6) is 0 Å². The quantitative estimate of drug-likeness (QED) is 0.922. The number of hydrogen-bond donors (Lipinski definition) is 1. The molecule has 0 aromatic carbocycles. The zero-order valence-electron chi connectivity index (χ0n) is 15.1. The van der Waals surface area contributed by atoms with Crippen molar-refractivity contribution in [3.05, 3.63) is 24.5 Å². The van der Waals surface area contributed by atoms with Crippen molar-refractivity contribution in [2.24, 2.45) is 5.41 Å². The number of hydrogen-bond acceptors (Lipinski definition) is 4. The fourth-order valence-electron chi connectivity index (χ4n) is 2.38. The van der Waals surface area contributed by atoms with Crippen molar-refractivity contribution in [3.63, 3.8) is 0 Å². The zero-order chi connectivity index (χ0) is 16.8. The molecule has 0 saturated carbocycles. The highest BCUT2D eigenvalue weighted by Crippen LogP contribution is 2.37. The van der Waals surface area contributed by atoms with Crippen LogP contribution in [0.4, 0.5) is 5.69 Å². The lowest BCUT2D eigenvalue weighted by atomic mass is 9.78. The highest BCUT2D eigenvalue weighted by atomic mass is 16.5. The Hall–Kier alpha value is -1.13. The summed E-state index contributed by atoms with van der Waals surface area (Å²) in [6, 6.07) is 3.50. The topological polar surface area (TPSA) is 51.4 Å². The van der Waals surface area contributed by atoms with E-state index in [1.165, 1.54) is 32.5 Å². The van der Waals surface area contributed by atoms with Gasteiger partial charge in [0, 0.05) is 36.6 Å². The predicted octanol–water partition coefficient (Wildman–Crippen LogP) is 3.83. The summed E-state index contributed by atoms with van der Waals surface area (Å²) in [5.41, 5.74) is 6.70. The summed E-state index contributed by atoms with van der Waals surface area (Å²) >= 11 is 0. The van der Waals surface area contributed by atoms with Crippen molar-refractivity contribution in [1.82, 2.24) is 9.88 Å². The van der Waals surface area contributed by atoms with Gasteiger partial charge in [0.15, 0.2) is 0 Å². The van der Waals surface area contributed by atoms with Crippen LogP contribution in [-0.2, 0) is 4.74 Å². The number of unbranched alkanes of at least 4 members (excludes halogenated alkanes) is 1. The van der Waals surface area contributed by atoms with Crippen molar-refractivity contribution < 1.29 is 4.74 Å². The minimum Gasteiger partial charge on any atom is -0.399 e. The van der Waals surface area contributed by atoms with Gasteiger partial charge in [-0.15, -0.1) is 0 Å². The molecule has 2 aliphatic rings. The fraction of sp³-hybridized carbons (Fsp3) is 0.722. The van der Waals surface area contributed by atoms with Crippen LogP contribution in [0.3, 0.4) is 0 Å². The van der Waals surface area contributed by atoms with E-state index < -0.39 is 0 Å². The summed E-state index contributed by atoms with van der Waals surface area (Å²) in [7, 11) is 0. The van der Waals surface area contributed by atoms with Crippen molar-refractivity contribution >= 4 is 5.69 Å². The van der Waals surface area contributed by atoms with Crippen LogP contribution in [0.1, 0.15) is 47.5 Å². The number of likely N-dealkylation sites (tertiary alicyclic amines) is 1. The Kier molecular flexibility index (Phi) is 11.8. The van der Waals surface area contributed by atoms with E-state index in [2.05, 4.69) is 16.8 Å². The molecule has 2 saturated heterocycles. The number of nitrogens with two attached hydrogens (primary N) is 1. The molecule has 2 aliphatic heterocycles. The first-order valence-corrected chi connectivity index (χ1v) is 8.70. The minimum atomic E-state index is 0.619. The molecule has 3 heterocycles. The molecule has 4 heteroatoms. The normalized spacial score (nSPS) is 17.3. The third-order valence-electron chi connectivity index (χ3n) is 3.47. The summed E-state index contributed by atoms with van der Waals surface area (Å²) in [5, 5.41) is 0. The van der Waals surface area contributed by atoms with Gasteiger partial charge >= 0.3 is 0 Å². The Morgan fingerprint density at radius 2 is 1.68 bits per heavy atom. The van der Waals surface area contributed by atoms with Crippen LogP contribution < -0.4 is 5.73 Å². The molecule has 2 fully saturated rings. The molecule has 4 nitrogen and oxygen atoms in total. The zero-order valence-corrected chi connectivity index (χ0v) is 15.1. The summed E-state index contributed by atoms with van der Waals surface area (Å²) < 4.78 is 5.21. The lowest BCUT2D eigenvalue weighted by molar-refractivity contribution is -0.188. The van der Waals surface area contributed by atoms with Crippen LogP contribution in [0.15, 0.2) is 24.5 Å². The predicted molar refractivity (Wildman–Crippen MR) is 95.9 cm³/mol. The molecule has 1 aromatic heterocycles. The lowest BCUT2D eigenvalue weighted by Gasteiger charge is -2.55. The van der Waals surface area contributed by atoms with E-state index >= 15 is 0 Å². The summed E-state index contributed by atoms with van der Waals surface area (Å²) in [6.45, 7) is 16.2. The smallest absolute Gasteiger partial charge is 0.0569 e. The molecular formula is C18H35N3O. The number of anilines is 1.